The van der Waals surface area contributed by atoms with Crippen molar-refractivity contribution in [1.82, 2.24) is 15.2 Å². The van der Waals surface area contributed by atoms with E-state index in [4.69, 9.17) is 9.47 Å². The van der Waals surface area contributed by atoms with E-state index in [1.165, 1.54) is 11.3 Å². The highest BCUT2D eigenvalue weighted by molar-refractivity contribution is 7.13. The standard InChI is InChI=1S/C18H23N3O3S/c1-13-17(25-16(20-13)12-21-7-9-24-10-8-21)18(22)19-11-14-3-5-15(23-2)6-4-14/h3-6H,7-12H2,1-2H3,(H,19,22). The number of hydrogen-bond donors (Lipinski definition) is 1. The van der Waals surface area contributed by atoms with Gasteiger partial charge in [-0.25, -0.2) is 4.98 Å². The number of aryl methyl sites for hydroxylation is 1. The fourth-order valence-corrected chi connectivity index (χ4v) is 3.71. The van der Waals surface area contributed by atoms with Crippen LogP contribution in [-0.4, -0.2) is 49.2 Å². The first kappa shape index (κ1) is 17.8. The fourth-order valence-electron chi connectivity index (χ4n) is 2.69. The molecule has 0 unspecified atom stereocenters. The number of aromatic nitrogens is 1. The van der Waals surface area contributed by atoms with Gasteiger partial charge in [0.05, 0.1) is 32.6 Å². The molecule has 3 rings (SSSR count). The Morgan fingerprint density at radius 3 is 2.72 bits per heavy atom. The van der Waals surface area contributed by atoms with E-state index in [0.29, 0.717) is 11.4 Å². The summed E-state index contributed by atoms with van der Waals surface area (Å²) >= 11 is 1.48. The average Bonchev–Trinajstić information content (AvgIpc) is 3.01. The topological polar surface area (TPSA) is 63.7 Å². The van der Waals surface area contributed by atoms with Crippen LogP contribution in [0.1, 0.15) is 25.9 Å². The number of morpholine rings is 1. The Kier molecular flexibility index (Phi) is 6.01. The van der Waals surface area contributed by atoms with E-state index in [1.54, 1.807) is 7.11 Å². The highest BCUT2D eigenvalue weighted by Gasteiger charge is 2.18. The Morgan fingerprint density at radius 2 is 2.04 bits per heavy atom. The number of nitrogens with one attached hydrogen (secondary N) is 1. The molecule has 0 atom stereocenters. The molecule has 0 radical (unpaired) electrons. The normalized spacial score (nSPS) is 15.1. The molecule has 1 saturated heterocycles. The molecule has 1 aromatic heterocycles. The van der Waals surface area contributed by atoms with Crippen LogP contribution in [0.15, 0.2) is 24.3 Å². The molecular weight excluding hydrogens is 338 g/mol. The van der Waals surface area contributed by atoms with Gasteiger partial charge in [0, 0.05) is 19.6 Å². The van der Waals surface area contributed by atoms with Crippen LogP contribution >= 0.6 is 11.3 Å². The Bertz CT molecular complexity index is 709. The van der Waals surface area contributed by atoms with Gasteiger partial charge in [0.15, 0.2) is 0 Å². The SMILES string of the molecule is COc1ccc(CNC(=O)c2sc(CN3CCOCC3)nc2C)cc1. The van der Waals surface area contributed by atoms with Crippen molar-refractivity contribution in [2.75, 3.05) is 33.4 Å². The number of ether oxygens (including phenoxy) is 2. The first-order valence-electron chi connectivity index (χ1n) is 8.33. The summed E-state index contributed by atoms with van der Waals surface area (Å²) in [5, 5.41) is 3.95. The lowest BCUT2D eigenvalue weighted by Gasteiger charge is -2.25. The third-order valence-corrected chi connectivity index (χ3v) is 5.26. The second kappa shape index (κ2) is 8.42. The maximum absolute atomic E-state index is 12.5. The van der Waals surface area contributed by atoms with Crippen LogP contribution in [0.2, 0.25) is 0 Å². The molecule has 0 aliphatic carbocycles. The van der Waals surface area contributed by atoms with Crippen molar-refractivity contribution in [2.45, 2.75) is 20.0 Å². The Labute approximate surface area is 151 Å². The fraction of sp³-hybridized carbons (Fsp3) is 0.444. The van der Waals surface area contributed by atoms with Crippen LogP contribution in [0.25, 0.3) is 0 Å². The minimum atomic E-state index is -0.0703. The van der Waals surface area contributed by atoms with E-state index >= 15 is 0 Å². The molecule has 134 valence electrons. The number of carbonyl (C=O) groups excluding carboxylic acids is 1. The maximum Gasteiger partial charge on any atom is 0.263 e. The molecule has 6 nitrogen and oxygen atoms in total. The number of nitrogens with zero attached hydrogens (tertiary/aromatic N) is 2. The lowest BCUT2D eigenvalue weighted by Crippen LogP contribution is -2.35. The molecule has 1 aliphatic heterocycles. The number of hydrogen-bond acceptors (Lipinski definition) is 6. The number of methoxy groups -OCH3 is 1. The van der Waals surface area contributed by atoms with Crippen LogP contribution < -0.4 is 10.1 Å². The van der Waals surface area contributed by atoms with Gasteiger partial charge in [0.1, 0.15) is 15.6 Å². The zero-order valence-electron chi connectivity index (χ0n) is 14.6. The van der Waals surface area contributed by atoms with Gasteiger partial charge < -0.3 is 14.8 Å². The number of carbonyl (C=O) groups is 1. The van der Waals surface area contributed by atoms with Crippen LogP contribution in [0.5, 0.6) is 5.75 Å². The molecule has 0 bridgehead atoms. The third-order valence-electron chi connectivity index (χ3n) is 4.12. The quantitative estimate of drug-likeness (QED) is 0.855. The third kappa shape index (κ3) is 4.78. The van der Waals surface area contributed by atoms with Crippen LogP contribution in [0.3, 0.4) is 0 Å². The van der Waals surface area contributed by atoms with Gasteiger partial charge in [0.25, 0.3) is 5.91 Å². The van der Waals surface area contributed by atoms with Crippen molar-refractivity contribution in [3.05, 3.63) is 45.4 Å². The summed E-state index contributed by atoms with van der Waals surface area (Å²) in [6, 6.07) is 7.67. The van der Waals surface area contributed by atoms with Crippen molar-refractivity contribution in [3.8, 4) is 5.75 Å². The lowest BCUT2D eigenvalue weighted by molar-refractivity contribution is 0.0341. The van der Waals surface area contributed by atoms with Gasteiger partial charge in [-0.2, -0.15) is 0 Å². The van der Waals surface area contributed by atoms with Crippen molar-refractivity contribution < 1.29 is 14.3 Å². The number of rotatable bonds is 6. The Morgan fingerprint density at radius 1 is 1.32 bits per heavy atom. The van der Waals surface area contributed by atoms with Crippen LogP contribution in [0, 0.1) is 6.92 Å². The molecule has 0 saturated carbocycles. The molecule has 1 aliphatic rings. The van der Waals surface area contributed by atoms with E-state index in [1.807, 2.05) is 31.2 Å². The minimum Gasteiger partial charge on any atom is -0.497 e. The van der Waals surface area contributed by atoms with Gasteiger partial charge in [-0.1, -0.05) is 12.1 Å². The van der Waals surface area contributed by atoms with Crippen molar-refractivity contribution >= 4 is 17.2 Å². The second-order valence-electron chi connectivity index (χ2n) is 5.94. The molecule has 1 fully saturated rings. The van der Waals surface area contributed by atoms with Crippen LogP contribution in [-0.2, 0) is 17.8 Å². The molecule has 1 N–H and O–H groups in total. The summed E-state index contributed by atoms with van der Waals surface area (Å²) in [4.78, 5) is 20.0. The molecular formula is C18H23N3O3S. The highest BCUT2D eigenvalue weighted by Crippen LogP contribution is 2.20. The van der Waals surface area contributed by atoms with Gasteiger partial charge >= 0.3 is 0 Å². The minimum absolute atomic E-state index is 0.0703. The Hall–Kier alpha value is -1.96. The number of amides is 1. The molecule has 2 aromatic rings. The van der Waals surface area contributed by atoms with E-state index < -0.39 is 0 Å². The summed E-state index contributed by atoms with van der Waals surface area (Å²) in [5.41, 5.74) is 1.82. The zero-order chi connectivity index (χ0) is 17.6. The highest BCUT2D eigenvalue weighted by atomic mass is 32.1. The zero-order valence-corrected chi connectivity index (χ0v) is 15.4. The average molecular weight is 361 g/mol. The van der Waals surface area contributed by atoms with Crippen molar-refractivity contribution in [2.24, 2.45) is 0 Å². The van der Waals surface area contributed by atoms with Gasteiger partial charge in [-0.05, 0) is 24.6 Å². The summed E-state index contributed by atoms with van der Waals surface area (Å²) in [6.45, 7) is 6.51. The first-order chi connectivity index (χ1) is 12.2. The monoisotopic (exact) mass is 361 g/mol. The van der Waals surface area contributed by atoms with E-state index in [0.717, 1.165) is 54.9 Å². The van der Waals surface area contributed by atoms with Gasteiger partial charge in [-0.3, -0.25) is 9.69 Å². The van der Waals surface area contributed by atoms with E-state index in [-0.39, 0.29) is 5.91 Å². The molecule has 0 spiro atoms. The van der Waals surface area contributed by atoms with Crippen molar-refractivity contribution in [1.29, 1.82) is 0 Å². The summed E-state index contributed by atoms with van der Waals surface area (Å²) in [6.07, 6.45) is 0. The molecule has 2 heterocycles. The predicted octanol–water partition coefficient (Wildman–Crippen LogP) is 2.22. The molecule has 1 aromatic carbocycles. The maximum atomic E-state index is 12.5. The van der Waals surface area contributed by atoms with Gasteiger partial charge in [-0.15, -0.1) is 11.3 Å². The first-order valence-corrected chi connectivity index (χ1v) is 9.15. The van der Waals surface area contributed by atoms with Crippen LogP contribution in [0.4, 0.5) is 0 Å². The van der Waals surface area contributed by atoms with E-state index in [2.05, 4.69) is 15.2 Å². The smallest absolute Gasteiger partial charge is 0.263 e. The molecule has 7 heteroatoms. The summed E-state index contributed by atoms with van der Waals surface area (Å²) in [7, 11) is 1.64. The van der Waals surface area contributed by atoms with E-state index in [9.17, 15) is 4.79 Å². The second-order valence-corrected chi connectivity index (χ2v) is 7.03. The largest absolute Gasteiger partial charge is 0.497 e. The lowest BCUT2D eigenvalue weighted by atomic mass is 10.2. The predicted molar refractivity (Wildman–Crippen MR) is 97.1 cm³/mol. The molecule has 1 amide bonds. The molecule has 25 heavy (non-hydrogen) atoms. The number of benzene rings is 1. The summed E-state index contributed by atoms with van der Waals surface area (Å²) in [5.74, 6) is 0.736. The summed E-state index contributed by atoms with van der Waals surface area (Å²) < 4.78 is 10.5. The Balaban J connectivity index is 1.57. The van der Waals surface area contributed by atoms with Crippen molar-refractivity contribution in [3.63, 3.8) is 0 Å². The number of thiazole rings is 1. The van der Waals surface area contributed by atoms with Gasteiger partial charge in [0.2, 0.25) is 0 Å².